The molecule has 12 heteroatoms. The van der Waals surface area contributed by atoms with E-state index in [1.54, 1.807) is 23.1 Å². The number of aromatic nitrogens is 5. The third-order valence-corrected chi connectivity index (χ3v) is 8.04. The molecule has 1 aliphatic rings. The predicted molar refractivity (Wildman–Crippen MR) is 130 cm³/mol. The number of hydrogen-bond acceptors (Lipinski definition) is 6. The first-order valence-corrected chi connectivity index (χ1v) is 15.4. The third-order valence-electron chi connectivity index (χ3n) is 6.34. The summed E-state index contributed by atoms with van der Waals surface area (Å²) >= 11 is 0. The topological polar surface area (TPSA) is 136 Å². The van der Waals surface area contributed by atoms with E-state index in [0.717, 1.165) is 31.7 Å². The van der Waals surface area contributed by atoms with E-state index in [-0.39, 0.29) is 11.9 Å². The van der Waals surface area contributed by atoms with Crippen molar-refractivity contribution in [3.63, 3.8) is 0 Å². The smallest absolute Gasteiger partial charge is 0.404 e. The van der Waals surface area contributed by atoms with Gasteiger partial charge in [0.25, 0.3) is 5.91 Å². The minimum atomic E-state index is -1.20. The van der Waals surface area contributed by atoms with Gasteiger partial charge in [0.05, 0.1) is 11.8 Å². The first kappa shape index (κ1) is 24.1. The summed E-state index contributed by atoms with van der Waals surface area (Å²) in [6, 6.07) is 1.11. The van der Waals surface area contributed by atoms with Gasteiger partial charge in [0.15, 0.2) is 11.3 Å². The van der Waals surface area contributed by atoms with Crippen LogP contribution >= 0.6 is 0 Å². The van der Waals surface area contributed by atoms with E-state index < -0.39 is 14.2 Å². The van der Waals surface area contributed by atoms with Gasteiger partial charge in [0.1, 0.15) is 18.6 Å². The van der Waals surface area contributed by atoms with Gasteiger partial charge in [-0.05, 0) is 37.6 Å². The number of carbonyl (C=O) groups excluding carboxylic acids is 1. The molecule has 0 aliphatic heterocycles. The molecule has 11 nitrogen and oxygen atoms in total. The highest BCUT2D eigenvalue weighted by Gasteiger charge is 2.26. The zero-order valence-corrected chi connectivity index (χ0v) is 21.0. The Bertz CT molecular complexity index is 1160. The van der Waals surface area contributed by atoms with Crippen LogP contribution in [0.3, 0.4) is 0 Å². The molecule has 3 heterocycles. The largest absolute Gasteiger partial charge is 0.465 e. The third kappa shape index (κ3) is 5.73. The normalized spacial score (nSPS) is 18.9. The number of fused-ring (bicyclic) bond motifs is 3. The van der Waals surface area contributed by atoms with E-state index in [2.05, 4.69) is 45.5 Å². The number of ether oxygens (including phenoxy) is 1. The van der Waals surface area contributed by atoms with Crippen LogP contribution in [0.1, 0.15) is 36.0 Å². The van der Waals surface area contributed by atoms with Crippen LogP contribution in [0.25, 0.3) is 16.8 Å². The Morgan fingerprint density at radius 1 is 1.24 bits per heavy atom. The molecule has 1 fully saturated rings. The molecule has 0 radical (unpaired) electrons. The Kier molecular flexibility index (Phi) is 7.17. The average Bonchev–Trinajstić information content (AvgIpc) is 3.40. The van der Waals surface area contributed by atoms with Gasteiger partial charge >= 0.3 is 6.09 Å². The Hall–Kier alpha value is -2.99. The highest BCUT2D eigenvalue weighted by atomic mass is 28.3. The molecule has 2 amide bonds. The second-order valence-corrected chi connectivity index (χ2v) is 15.8. The SMILES string of the molecule is C[Si](C)(C)CCOCn1cc(C(=O)NC2CCC(CNC(=O)O)CC2)c2c1ncc1nncn12. The van der Waals surface area contributed by atoms with Crippen LogP contribution in [0, 0.1) is 5.92 Å². The Balaban J connectivity index is 1.48. The lowest BCUT2D eigenvalue weighted by atomic mass is 9.86. The van der Waals surface area contributed by atoms with Gasteiger partial charge in [-0.15, -0.1) is 10.2 Å². The van der Waals surface area contributed by atoms with Crippen LogP contribution in [-0.4, -0.2) is 68.5 Å². The lowest BCUT2D eigenvalue weighted by Gasteiger charge is -2.28. The lowest BCUT2D eigenvalue weighted by Crippen LogP contribution is -2.39. The van der Waals surface area contributed by atoms with E-state index in [4.69, 9.17) is 9.84 Å². The summed E-state index contributed by atoms with van der Waals surface area (Å²) in [5, 5.41) is 22.5. The predicted octanol–water partition coefficient (Wildman–Crippen LogP) is 2.95. The molecule has 1 saturated carbocycles. The van der Waals surface area contributed by atoms with Crippen LogP contribution in [0.4, 0.5) is 4.79 Å². The van der Waals surface area contributed by atoms with Crippen LogP contribution in [0.2, 0.25) is 25.7 Å². The molecule has 34 heavy (non-hydrogen) atoms. The van der Waals surface area contributed by atoms with Crippen molar-refractivity contribution in [3.05, 3.63) is 24.3 Å². The second-order valence-electron chi connectivity index (χ2n) is 10.2. The zero-order chi connectivity index (χ0) is 24.3. The van der Waals surface area contributed by atoms with Crippen molar-refractivity contribution in [1.82, 2.24) is 34.8 Å². The van der Waals surface area contributed by atoms with Gasteiger partial charge in [0, 0.05) is 33.5 Å². The van der Waals surface area contributed by atoms with Crippen molar-refractivity contribution in [2.45, 2.75) is 64.1 Å². The standard InChI is InChI=1S/C22H33N7O4Si/c1-34(2,3)9-8-33-14-28-12-17(19-20(28)23-11-18-27-25-13-29(18)19)21(30)26-16-6-4-15(5-7-16)10-24-22(31)32/h11-13,15-16,24H,4-10,14H2,1-3H3,(H,26,30)(H,31,32). The number of rotatable bonds is 9. The van der Waals surface area contributed by atoms with E-state index >= 15 is 0 Å². The van der Waals surface area contributed by atoms with E-state index in [0.29, 0.717) is 48.2 Å². The highest BCUT2D eigenvalue weighted by Crippen LogP contribution is 2.26. The van der Waals surface area contributed by atoms with Gasteiger partial charge in [-0.2, -0.15) is 0 Å². The highest BCUT2D eigenvalue weighted by molar-refractivity contribution is 6.76. The average molecular weight is 488 g/mol. The molecule has 3 N–H and O–H groups in total. The van der Waals surface area contributed by atoms with Gasteiger partial charge < -0.3 is 25.0 Å². The van der Waals surface area contributed by atoms with Crippen molar-refractivity contribution in [1.29, 1.82) is 0 Å². The summed E-state index contributed by atoms with van der Waals surface area (Å²) in [4.78, 5) is 28.6. The number of nitrogens with one attached hydrogen (secondary N) is 2. The maximum absolute atomic E-state index is 13.3. The second kappa shape index (κ2) is 10.1. The Labute approximate surface area is 198 Å². The van der Waals surface area contributed by atoms with Crippen molar-refractivity contribution >= 4 is 36.9 Å². The fourth-order valence-corrected chi connectivity index (χ4v) is 5.10. The minimum Gasteiger partial charge on any atom is -0.465 e. The summed E-state index contributed by atoms with van der Waals surface area (Å²) < 4.78 is 9.58. The van der Waals surface area contributed by atoms with Gasteiger partial charge in [0.2, 0.25) is 0 Å². The summed E-state index contributed by atoms with van der Waals surface area (Å²) in [5.41, 5.74) is 2.39. The summed E-state index contributed by atoms with van der Waals surface area (Å²) in [6.07, 6.45) is 7.40. The molecule has 3 aromatic heterocycles. The van der Waals surface area contributed by atoms with E-state index in [1.165, 1.54) is 0 Å². The number of amides is 2. The van der Waals surface area contributed by atoms with Crippen LogP contribution in [0.5, 0.6) is 0 Å². The molecule has 0 unspecified atom stereocenters. The maximum atomic E-state index is 13.3. The molecule has 0 bridgehead atoms. The van der Waals surface area contributed by atoms with Crippen LogP contribution in [-0.2, 0) is 11.5 Å². The van der Waals surface area contributed by atoms with Gasteiger partial charge in [-0.1, -0.05) is 19.6 Å². The molecule has 1 aliphatic carbocycles. The molecule has 0 aromatic carbocycles. The Morgan fingerprint density at radius 2 is 2.00 bits per heavy atom. The summed E-state index contributed by atoms with van der Waals surface area (Å²) in [7, 11) is -1.20. The number of hydrogen-bond donors (Lipinski definition) is 3. The molecule has 0 saturated heterocycles. The number of nitrogens with zero attached hydrogens (tertiary/aromatic N) is 5. The van der Waals surface area contributed by atoms with Crippen molar-refractivity contribution in [3.8, 4) is 0 Å². The fraction of sp³-hybridized carbons (Fsp3) is 0.591. The Morgan fingerprint density at radius 3 is 2.71 bits per heavy atom. The van der Waals surface area contributed by atoms with Gasteiger partial charge in [-0.25, -0.2) is 9.78 Å². The zero-order valence-electron chi connectivity index (χ0n) is 20.0. The van der Waals surface area contributed by atoms with Crippen molar-refractivity contribution < 1.29 is 19.4 Å². The summed E-state index contributed by atoms with van der Waals surface area (Å²) in [6.45, 7) is 8.37. The maximum Gasteiger partial charge on any atom is 0.404 e. The molecule has 3 aromatic rings. The van der Waals surface area contributed by atoms with Crippen LogP contribution < -0.4 is 10.6 Å². The number of carboxylic acid groups (broad SMARTS) is 1. The van der Waals surface area contributed by atoms with Crippen molar-refractivity contribution in [2.24, 2.45) is 5.92 Å². The molecule has 184 valence electrons. The van der Waals surface area contributed by atoms with Crippen LogP contribution in [0.15, 0.2) is 18.7 Å². The minimum absolute atomic E-state index is 0.0491. The summed E-state index contributed by atoms with van der Waals surface area (Å²) in [5.74, 6) is 0.140. The number of carbonyl (C=O) groups is 2. The van der Waals surface area contributed by atoms with Crippen molar-refractivity contribution in [2.75, 3.05) is 13.2 Å². The first-order chi connectivity index (χ1) is 16.2. The van der Waals surface area contributed by atoms with Gasteiger partial charge in [-0.3, -0.25) is 9.20 Å². The first-order valence-electron chi connectivity index (χ1n) is 11.7. The molecule has 0 atom stereocenters. The van der Waals surface area contributed by atoms with E-state index in [1.807, 2.05) is 4.57 Å². The van der Waals surface area contributed by atoms with E-state index in [9.17, 15) is 9.59 Å². The fourth-order valence-electron chi connectivity index (χ4n) is 4.34. The quantitative estimate of drug-likeness (QED) is 0.312. The molecule has 4 rings (SSSR count). The molecular formula is C22H33N7O4Si. The lowest BCUT2D eigenvalue weighted by molar-refractivity contribution is 0.0886. The monoisotopic (exact) mass is 487 g/mol. The molecular weight excluding hydrogens is 454 g/mol. The molecule has 0 spiro atoms.